The van der Waals surface area contributed by atoms with E-state index in [0.29, 0.717) is 12.1 Å². The molecule has 0 saturated carbocycles. The molecule has 0 radical (unpaired) electrons. The van der Waals surface area contributed by atoms with Gasteiger partial charge in [-0.2, -0.15) is 17.6 Å². The number of carboxylic acids is 1. The zero-order valence-corrected chi connectivity index (χ0v) is 11.1. The van der Waals surface area contributed by atoms with E-state index in [-0.39, 0.29) is 11.1 Å². The first-order valence-corrected chi connectivity index (χ1v) is 6.00. The van der Waals surface area contributed by atoms with Gasteiger partial charge in [0.1, 0.15) is 5.56 Å². The molecular weight excluding hydrogens is 322 g/mol. The van der Waals surface area contributed by atoms with Crippen molar-refractivity contribution in [1.82, 2.24) is 0 Å². The predicted molar refractivity (Wildman–Crippen MR) is 70.5 cm³/mol. The van der Waals surface area contributed by atoms with Crippen LogP contribution in [0.2, 0.25) is 0 Å². The quantitative estimate of drug-likeness (QED) is 0.522. The second kappa shape index (κ2) is 5.67. The molecule has 0 aliphatic heterocycles. The predicted octanol–water partition coefficient (Wildman–Crippen LogP) is 4.12. The van der Waals surface area contributed by atoms with Crippen molar-refractivity contribution in [3.63, 3.8) is 0 Å². The summed E-state index contributed by atoms with van der Waals surface area (Å²) in [6.07, 6.45) is -4.64. The van der Waals surface area contributed by atoms with Gasteiger partial charge in [0.15, 0.2) is 0 Å². The van der Waals surface area contributed by atoms with Gasteiger partial charge in [-0.05, 0) is 29.3 Å². The number of carboxylic acid groups (broad SMARTS) is 1. The fraction of sp³-hybridized carbons (Fsp3) is 0.0714. The first kappa shape index (κ1) is 16.4. The average Bonchev–Trinajstić information content (AvgIpc) is 2.46. The summed E-state index contributed by atoms with van der Waals surface area (Å²) in [6, 6.07) is 5.20. The van der Waals surface area contributed by atoms with Crippen molar-refractivity contribution in [2.45, 2.75) is 6.18 Å². The van der Waals surface area contributed by atoms with Gasteiger partial charge in [0.2, 0.25) is 5.82 Å². The molecule has 0 saturated heterocycles. The molecule has 2 rings (SSSR count). The van der Waals surface area contributed by atoms with Crippen LogP contribution in [0.25, 0.3) is 11.1 Å². The highest BCUT2D eigenvalue weighted by atomic mass is 19.4. The molecule has 0 bridgehead atoms. The van der Waals surface area contributed by atoms with E-state index in [9.17, 15) is 32.5 Å². The first-order chi connectivity index (χ1) is 10.6. The Morgan fingerprint density at radius 2 is 1.78 bits per heavy atom. The topological polar surface area (TPSA) is 80.4 Å². The Morgan fingerprint density at radius 3 is 2.30 bits per heavy atom. The summed E-state index contributed by atoms with van der Waals surface area (Å²) >= 11 is 0. The van der Waals surface area contributed by atoms with Crippen LogP contribution >= 0.6 is 0 Å². The van der Waals surface area contributed by atoms with E-state index < -0.39 is 39.7 Å². The van der Waals surface area contributed by atoms with Gasteiger partial charge in [-0.25, -0.2) is 4.79 Å². The zero-order chi connectivity index (χ0) is 17.4. The lowest BCUT2D eigenvalue weighted by molar-refractivity contribution is -0.387. The van der Waals surface area contributed by atoms with E-state index in [1.807, 2.05) is 0 Å². The van der Waals surface area contributed by atoms with E-state index >= 15 is 0 Å². The number of hydrogen-bond acceptors (Lipinski definition) is 3. The molecular formula is C14H7F4NO4. The lowest BCUT2D eigenvalue weighted by Crippen LogP contribution is -2.06. The molecule has 1 N–H and O–H groups in total. The van der Waals surface area contributed by atoms with Gasteiger partial charge in [-0.1, -0.05) is 12.1 Å². The summed E-state index contributed by atoms with van der Waals surface area (Å²) in [4.78, 5) is 20.6. The van der Waals surface area contributed by atoms with Crippen molar-refractivity contribution in [1.29, 1.82) is 0 Å². The van der Waals surface area contributed by atoms with Gasteiger partial charge >= 0.3 is 17.8 Å². The van der Waals surface area contributed by atoms with E-state index in [2.05, 4.69) is 0 Å². The van der Waals surface area contributed by atoms with Crippen LogP contribution in [0.5, 0.6) is 0 Å². The molecule has 9 heteroatoms. The van der Waals surface area contributed by atoms with Crippen molar-refractivity contribution >= 4 is 11.7 Å². The Morgan fingerprint density at radius 1 is 1.13 bits per heavy atom. The van der Waals surface area contributed by atoms with Crippen molar-refractivity contribution in [2.75, 3.05) is 0 Å². The molecule has 0 aliphatic carbocycles. The molecule has 0 unspecified atom stereocenters. The van der Waals surface area contributed by atoms with E-state index in [1.54, 1.807) is 0 Å². The van der Waals surface area contributed by atoms with Gasteiger partial charge in [-0.3, -0.25) is 10.1 Å². The summed E-state index contributed by atoms with van der Waals surface area (Å²) in [7, 11) is 0. The lowest BCUT2D eigenvalue weighted by atomic mass is 9.99. The molecule has 120 valence electrons. The summed E-state index contributed by atoms with van der Waals surface area (Å²) in [5, 5.41) is 19.7. The molecule has 0 spiro atoms. The monoisotopic (exact) mass is 329 g/mol. The maximum absolute atomic E-state index is 13.7. The van der Waals surface area contributed by atoms with Gasteiger partial charge in [0.05, 0.1) is 10.5 Å². The number of halogens is 4. The Balaban J connectivity index is 2.69. The number of benzene rings is 2. The molecule has 0 amide bonds. The minimum atomic E-state index is -4.64. The van der Waals surface area contributed by atoms with E-state index in [0.717, 1.165) is 18.2 Å². The Hall–Kier alpha value is -2.97. The van der Waals surface area contributed by atoms with Gasteiger partial charge < -0.3 is 5.11 Å². The van der Waals surface area contributed by atoms with E-state index in [1.165, 1.54) is 6.07 Å². The number of nitro benzene ring substituents is 1. The third-order valence-electron chi connectivity index (χ3n) is 3.00. The van der Waals surface area contributed by atoms with Crippen molar-refractivity contribution in [2.24, 2.45) is 0 Å². The number of alkyl halides is 3. The molecule has 5 nitrogen and oxygen atoms in total. The van der Waals surface area contributed by atoms with Crippen LogP contribution in [0.4, 0.5) is 23.2 Å². The number of rotatable bonds is 3. The van der Waals surface area contributed by atoms with Crippen LogP contribution in [-0.2, 0) is 6.18 Å². The molecule has 0 aliphatic rings. The number of nitrogens with zero attached hydrogens (tertiary/aromatic N) is 1. The zero-order valence-electron chi connectivity index (χ0n) is 11.1. The van der Waals surface area contributed by atoms with Gasteiger partial charge in [0, 0.05) is 6.07 Å². The van der Waals surface area contributed by atoms with Crippen molar-refractivity contribution in [3.8, 4) is 11.1 Å². The molecule has 0 atom stereocenters. The van der Waals surface area contributed by atoms with Gasteiger partial charge in [-0.15, -0.1) is 0 Å². The minimum absolute atomic E-state index is 0.120. The first-order valence-electron chi connectivity index (χ1n) is 6.00. The highest BCUT2D eigenvalue weighted by Gasteiger charge is 2.31. The van der Waals surface area contributed by atoms with Gasteiger partial charge in [0.25, 0.3) is 0 Å². The molecule has 2 aromatic rings. The molecule has 0 heterocycles. The fourth-order valence-electron chi connectivity index (χ4n) is 1.94. The fourth-order valence-corrected chi connectivity index (χ4v) is 1.94. The second-order valence-electron chi connectivity index (χ2n) is 4.50. The third-order valence-corrected chi connectivity index (χ3v) is 3.00. The SMILES string of the molecule is O=C(O)c1cc(-c2cccc(C(F)(F)F)c2)cc([N+](=O)[O-])c1F. The second-order valence-corrected chi connectivity index (χ2v) is 4.50. The minimum Gasteiger partial charge on any atom is -0.478 e. The third kappa shape index (κ3) is 3.28. The van der Waals surface area contributed by atoms with Crippen LogP contribution in [0.3, 0.4) is 0 Å². The highest BCUT2D eigenvalue weighted by molar-refractivity contribution is 5.91. The highest BCUT2D eigenvalue weighted by Crippen LogP contribution is 2.34. The average molecular weight is 329 g/mol. The summed E-state index contributed by atoms with van der Waals surface area (Å²) in [5.74, 6) is -3.32. The maximum Gasteiger partial charge on any atom is 0.416 e. The van der Waals surface area contributed by atoms with Crippen LogP contribution in [0.15, 0.2) is 36.4 Å². The number of aromatic carboxylic acids is 1. The Kier molecular flexibility index (Phi) is 4.04. The number of hydrogen-bond donors (Lipinski definition) is 1. The summed E-state index contributed by atoms with van der Waals surface area (Å²) in [6.45, 7) is 0. The summed E-state index contributed by atoms with van der Waals surface area (Å²) < 4.78 is 51.8. The Labute approximate surface area is 125 Å². The Bertz CT molecular complexity index is 767. The van der Waals surface area contributed by atoms with Crippen molar-refractivity contribution in [3.05, 3.63) is 63.5 Å². The van der Waals surface area contributed by atoms with Crippen LogP contribution in [-0.4, -0.2) is 16.0 Å². The largest absolute Gasteiger partial charge is 0.478 e. The normalized spacial score (nSPS) is 11.3. The lowest BCUT2D eigenvalue weighted by Gasteiger charge is -2.10. The summed E-state index contributed by atoms with van der Waals surface area (Å²) in [5.41, 5.74) is -3.46. The number of nitro groups is 1. The molecule has 2 aromatic carbocycles. The molecule has 0 fully saturated rings. The van der Waals surface area contributed by atoms with E-state index in [4.69, 9.17) is 5.11 Å². The number of carbonyl (C=O) groups is 1. The molecule has 0 aromatic heterocycles. The van der Waals surface area contributed by atoms with Crippen LogP contribution < -0.4 is 0 Å². The standard InChI is InChI=1S/C14H7F4NO4/c15-12-10(13(20)21)5-8(6-11(12)19(22)23)7-2-1-3-9(4-7)14(16,17)18/h1-6H,(H,20,21). The van der Waals surface area contributed by atoms with Crippen LogP contribution in [0, 0.1) is 15.9 Å². The van der Waals surface area contributed by atoms with Crippen LogP contribution in [0.1, 0.15) is 15.9 Å². The smallest absolute Gasteiger partial charge is 0.416 e. The molecule has 23 heavy (non-hydrogen) atoms. The maximum atomic E-state index is 13.7. The van der Waals surface area contributed by atoms with Crippen molar-refractivity contribution < 1.29 is 32.4 Å².